The smallest absolute Gasteiger partial charge is 0.292 e. The van der Waals surface area contributed by atoms with E-state index in [1.807, 2.05) is 6.92 Å². The van der Waals surface area contributed by atoms with Crippen LogP contribution in [0.4, 0.5) is 11.4 Å². The first-order valence-electron chi connectivity index (χ1n) is 5.91. The van der Waals surface area contributed by atoms with E-state index < -0.39 is 4.92 Å². The number of aryl methyl sites for hydroxylation is 1. The summed E-state index contributed by atoms with van der Waals surface area (Å²) < 4.78 is 0. The molecule has 2 aromatic carbocycles. The van der Waals surface area contributed by atoms with Gasteiger partial charge in [-0.15, -0.1) is 0 Å². The number of rotatable bonds is 4. The van der Waals surface area contributed by atoms with Crippen LogP contribution in [0.15, 0.2) is 36.4 Å². The summed E-state index contributed by atoms with van der Waals surface area (Å²) in [7, 11) is 0. The lowest BCUT2D eigenvalue weighted by Crippen LogP contribution is -2.04. The Morgan fingerprint density at radius 2 is 1.85 bits per heavy atom. The Balaban J connectivity index is 2.27. The van der Waals surface area contributed by atoms with E-state index >= 15 is 0 Å². The highest BCUT2D eigenvalue weighted by molar-refractivity contribution is 6.36. The number of hydrogen-bond donors (Lipinski definition) is 1. The van der Waals surface area contributed by atoms with Crippen LogP contribution in [-0.4, -0.2) is 4.92 Å². The van der Waals surface area contributed by atoms with E-state index in [1.165, 1.54) is 6.07 Å². The Hall–Kier alpha value is -1.78. The predicted octanol–water partition coefficient (Wildman–Crippen LogP) is 4.82. The molecule has 0 amide bonds. The molecule has 0 spiro atoms. The van der Waals surface area contributed by atoms with Gasteiger partial charge in [0, 0.05) is 28.2 Å². The van der Waals surface area contributed by atoms with Gasteiger partial charge in [0.05, 0.1) is 4.92 Å². The molecule has 0 saturated heterocycles. The molecule has 0 aromatic heterocycles. The minimum Gasteiger partial charge on any atom is -0.375 e. The molecule has 4 nitrogen and oxygen atoms in total. The van der Waals surface area contributed by atoms with E-state index in [2.05, 4.69) is 5.32 Å². The summed E-state index contributed by atoms with van der Waals surface area (Å²) in [6.07, 6.45) is 0. The van der Waals surface area contributed by atoms with Crippen molar-refractivity contribution >= 4 is 34.6 Å². The second kappa shape index (κ2) is 6.11. The van der Waals surface area contributed by atoms with E-state index in [0.717, 1.165) is 5.56 Å². The van der Waals surface area contributed by atoms with E-state index in [1.54, 1.807) is 30.3 Å². The normalized spacial score (nSPS) is 10.3. The van der Waals surface area contributed by atoms with Crippen molar-refractivity contribution < 1.29 is 4.92 Å². The van der Waals surface area contributed by atoms with Crippen molar-refractivity contribution in [2.24, 2.45) is 0 Å². The molecule has 0 fully saturated rings. The molecule has 0 aliphatic heterocycles. The molecule has 0 aliphatic rings. The lowest BCUT2D eigenvalue weighted by molar-refractivity contribution is -0.384. The summed E-state index contributed by atoms with van der Waals surface area (Å²) in [5.74, 6) is 0. The van der Waals surface area contributed by atoms with Gasteiger partial charge in [0.15, 0.2) is 0 Å². The first-order valence-corrected chi connectivity index (χ1v) is 6.66. The highest BCUT2D eigenvalue weighted by atomic mass is 35.5. The number of hydrogen-bond acceptors (Lipinski definition) is 3. The van der Waals surface area contributed by atoms with Crippen LogP contribution in [0.2, 0.25) is 10.0 Å². The van der Waals surface area contributed by atoms with Crippen molar-refractivity contribution in [2.45, 2.75) is 13.5 Å². The van der Waals surface area contributed by atoms with Crippen LogP contribution >= 0.6 is 23.2 Å². The molecule has 0 bridgehead atoms. The maximum absolute atomic E-state index is 11.0. The summed E-state index contributed by atoms with van der Waals surface area (Å²) in [5, 5.41) is 15.1. The zero-order valence-electron chi connectivity index (χ0n) is 10.7. The molecule has 2 aromatic rings. The lowest BCUT2D eigenvalue weighted by Gasteiger charge is -2.10. The monoisotopic (exact) mass is 310 g/mol. The third-order valence-corrected chi connectivity index (χ3v) is 3.57. The summed E-state index contributed by atoms with van der Waals surface area (Å²) in [6.45, 7) is 2.19. The fourth-order valence-corrected chi connectivity index (χ4v) is 2.37. The standard InChI is InChI=1S/C14H12Cl2N2O2/c1-9-5-6-14(18(19)20)13(7-9)17-8-10-11(15)3-2-4-12(10)16/h2-7,17H,8H2,1H3. The van der Waals surface area contributed by atoms with Crippen LogP contribution in [0.5, 0.6) is 0 Å². The van der Waals surface area contributed by atoms with Crippen LogP contribution in [0.1, 0.15) is 11.1 Å². The fraction of sp³-hybridized carbons (Fsp3) is 0.143. The Bertz CT molecular complexity index is 639. The maximum atomic E-state index is 11.0. The van der Waals surface area contributed by atoms with Crippen molar-refractivity contribution in [3.63, 3.8) is 0 Å². The Morgan fingerprint density at radius 3 is 2.45 bits per heavy atom. The van der Waals surface area contributed by atoms with Gasteiger partial charge in [0.1, 0.15) is 5.69 Å². The molecule has 2 rings (SSSR count). The third kappa shape index (κ3) is 3.21. The Kier molecular flexibility index (Phi) is 4.47. The van der Waals surface area contributed by atoms with Gasteiger partial charge in [-0.25, -0.2) is 0 Å². The van der Waals surface area contributed by atoms with Crippen molar-refractivity contribution in [3.05, 3.63) is 67.7 Å². The first-order chi connectivity index (χ1) is 9.49. The lowest BCUT2D eigenvalue weighted by atomic mass is 10.1. The number of benzene rings is 2. The maximum Gasteiger partial charge on any atom is 0.292 e. The zero-order valence-corrected chi connectivity index (χ0v) is 12.2. The molecular formula is C14H12Cl2N2O2. The van der Waals surface area contributed by atoms with Gasteiger partial charge < -0.3 is 5.32 Å². The predicted molar refractivity (Wildman–Crippen MR) is 81.6 cm³/mol. The van der Waals surface area contributed by atoms with Crippen molar-refractivity contribution in [3.8, 4) is 0 Å². The molecular weight excluding hydrogens is 299 g/mol. The molecule has 0 saturated carbocycles. The molecule has 0 heterocycles. The number of nitrogens with zero attached hydrogens (tertiary/aromatic N) is 1. The molecule has 0 radical (unpaired) electrons. The quantitative estimate of drug-likeness (QED) is 0.650. The van der Waals surface area contributed by atoms with Gasteiger partial charge in [-0.3, -0.25) is 10.1 Å². The van der Waals surface area contributed by atoms with E-state index in [-0.39, 0.29) is 5.69 Å². The second-order valence-corrected chi connectivity index (χ2v) is 5.15. The number of nitro groups is 1. The molecule has 6 heteroatoms. The summed E-state index contributed by atoms with van der Waals surface area (Å²) in [4.78, 5) is 10.6. The summed E-state index contributed by atoms with van der Waals surface area (Å²) >= 11 is 12.1. The highest BCUT2D eigenvalue weighted by Gasteiger charge is 2.14. The largest absolute Gasteiger partial charge is 0.375 e. The van der Waals surface area contributed by atoms with Gasteiger partial charge in [0.2, 0.25) is 0 Å². The SMILES string of the molecule is Cc1ccc([N+](=O)[O-])c(NCc2c(Cl)cccc2Cl)c1. The fourth-order valence-electron chi connectivity index (χ4n) is 1.84. The number of nitrogens with one attached hydrogen (secondary N) is 1. The van der Waals surface area contributed by atoms with Gasteiger partial charge >= 0.3 is 0 Å². The minimum atomic E-state index is -0.421. The molecule has 20 heavy (non-hydrogen) atoms. The Labute approximate surface area is 126 Å². The van der Waals surface area contributed by atoms with Crippen molar-refractivity contribution in [2.75, 3.05) is 5.32 Å². The molecule has 0 unspecified atom stereocenters. The van der Waals surface area contributed by atoms with Crippen LogP contribution in [-0.2, 0) is 6.54 Å². The van der Waals surface area contributed by atoms with Crippen LogP contribution in [0.3, 0.4) is 0 Å². The van der Waals surface area contributed by atoms with Crippen LogP contribution in [0, 0.1) is 17.0 Å². The van der Waals surface area contributed by atoms with Gasteiger partial charge in [-0.2, -0.15) is 0 Å². The minimum absolute atomic E-state index is 0.0266. The first kappa shape index (κ1) is 14.6. The second-order valence-electron chi connectivity index (χ2n) is 4.33. The van der Waals surface area contributed by atoms with Gasteiger partial charge in [-0.1, -0.05) is 35.3 Å². The summed E-state index contributed by atoms with van der Waals surface area (Å²) in [6, 6.07) is 10.1. The van der Waals surface area contributed by atoms with Crippen molar-refractivity contribution in [1.82, 2.24) is 0 Å². The van der Waals surface area contributed by atoms with E-state index in [0.29, 0.717) is 27.8 Å². The topological polar surface area (TPSA) is 55.2 Å². The number of anilines is 1. The summed E-state index contributed by atoms with van der Waals surface area (Å²) in [5.41, 5.74) is 2.12. The zero-order chi connectivity index (χ0) is 14.7. The van der Waals surface area contributed by atoms with Crippen LogP contribution < -0.4 is 5.32 Å². The average molecular weight is 311 g/mol. The van der Waals surface area contributed by atoms with Gasteiger partial charge in [-0.05, 0) is 30.7 Å². The number of nitro benzene ring substituents is 1. The average Bonchev–Trinajstić information content (AvgIpc) is 2.37. The van der Waals surface area contributed by atoms with E-state index in [4.69, 9.17) is 23.2 Å². The van der Waals surface area contributed by atoms with Crippen LogP contribution in [0.25, 0.3) is 0 Å². The molecule has 104 valence electrons. The highest BCUT2D eigenvalue weighted by Crippen LogP contribution is 2.29. The molecule has 0 atom stereocenters. The van der Waals surface area contributed by atoms with Crippen molar-refractivity contribution in [1.29, 1.82) is 0 Å². The molecule has 1 N–H and O–H groups in total. The third-order valence-electron chi connectivity index (χ3n) is 2.87. The molecule has 0 aliphatic carbocycles. The van der Waals surface area contributed by atoms with Gasteiger partial charge in [0.25, 0.3) is 5.69 Å². The van der Waals surface area contributed by atoms with E-state index in [9.17, 15) is 10.1 Å². The Morgan fingerprint density at radius 1 is 1.20 bits per heavy atom. The number of halogens is 2.